The summed E-state index contributed by atoms with van der Waals surface area (Å²) in [6.45, 7) is 13.2. The Labute approximate surface area is 115 Å². The molecule has 0 aliphatic heterocycles. The number of rotatable bonds is 6. The minimum atomic E-state index is -1.21. The fraction of sp³-hybridized carbons (Fsp3) is 1.00. The third-order valence-corrected chi connectivity index (χ3v) is 11.3. The Hall–Kier alpha value is 1.01. The second kappa shape index (κ2) is 9.98. The van der Waals surface area contributed by atoms with Crippen LogP contribution in [0.1, 0.15) is 40.5 Å². The monoisotopic (exact) mass is 300 g/mol. The molecule has 0 bridgehead atoms. The molecule has 0 aromatic rings. The van der Waals surface area contributed by atoms with Crippen molar-refractivity contribution >= 4 is 36.9 Å². The van der Waals surface area contributed by atoms with Gasteiger partial charge in [0.05, 0.1) is 0 Å². The summed E-state index contributed by atoms with van der Waals surface area (Å²) in [5, 5.41) is 0. The van der Waals surface area contributed by atoms with E-state index in [9.17, 15) is 0 Å². The van der Waals surface area contributed by atoms with Crippen molar-refractivity contribution in [3.63, 3.8) is 0 Å². The molecule has 0 amide bonds. The first-order valence-corrected chi connectivity index (χ1v) is 14.5. The number of unbranched alkanes of at least 4 members (excludes halogenated alkanes) is 1. The Kier molecular flexibility index (Phi) is 12.1. The molecule has 4 heteroatoms. The molecule has 0 aliphatic carbocycles. The van der Waals surface area contributed by atoms with Crippen molar-refractivity contribution < 1.29 is 0 Å². The van der Waals surface area contributed by atoms with Gasteiger partial charge in [-0.1, -0.05) is 53.6 Å². The van der Waals surface area contributed by atoms with E-state index < -0.39 is 14.8 Å². The lowest BCUT2D eigenvalue weighted by atomic mass is 10.4. The summed E-state index contributed by atoms with van der Waals surface area (Å²) in [5.74, 6) is 0. The minimum Gasteiger partial charge on any atom is -0.168 e. The molecule has 0 heterocycles. The number of hydrogen-bond acceptors (Lipinski definition) is 0. The quantitative estimate of drug-likeness (QED) is 0.390. The summed E-state index contributed by atoms with van der Waals surface area (Å²) in [6.07, 6.45) is 2.59. The smallest absolute Gasteiger partial charge is 0.155 e. The molecule has 0 spiro atoms. The predicted octanol–water partition coefficient (Wildman–Crippen LogP) is 6.46. The summed E-state index contributed by atoms with van der Waals surface area (Å²) in [6, 6.07) is 4.94. The molecule has 100 valence electrons. The van der Waals surface area contributed by atoms with Gasteiger partial charge >= 0.3 is 0 Å². The standard InChI is InChI=1S/2C6H15ClSi/c1-4-5-6-8(2,3)7;1-4-8(7,5-2)6-3/h2*4-6H2,1-3H3. The van der Waals surface area contributed by atoms with Crippen LogP contribution in [0.5, 0.6) is 0 Å². The first-order valence-electron chi connectivity index (χ1n) is 6.62. The van der Waals surface area contributed by atoms with Gasteiger partial charge in [-0.3, -0.25) is 0 Å². The van der Waals surface area contributed by atoms with Crippen molar-refractivity contribution in [2.45, 2.75) is 77.8 Å². The van der Waals surface area contributed by atoms with Crippen LogP contribution in [-0.2, 0) is 0 Å². The van der Waals surface area contributed by atoms with E-state index in [2.05, 4.69) is 40.8 Å². The molecule has 0 unspecified atom stereocenters. The van der Waals surface area contributed by atoms with Crippen LogP contribution in [0.4, 0.5) is 0 Å². The molecule has 0 rings (SSSR count). The highest BCUT2D eigenvalue weighted by molar-refractivity contribution is 7.20. The zero-order valence-corrected chi connectivity index (χ0v) is 15.5. The normalized spacial score (nSPS) is 12.0. The van der Waals surface area contributed by atoms with Crippen molar-refractivity contribution in [3.8, 4) is 0 Å². The van der Waals surface area contributed by atoms with Crippen molar-refractivity contribution in [2.75, 3.05) is 0 Å². The van der Waals surface area contributed by atoms with Gasteiger partial charge in [-0.25, -0.2) is 0 Å². The largest absolute Gasteiger partial charge is 0.168 e. The summed E-state index contributed by atoms with van der Waals surface area (Å²) in [7, 11) is -2.41. The molecule has 0 aromatic heterocycles. The molecule has 0 saturated carbocycles. The zero-order chi connectivity index (χ0) is 13.2. The lowest BCUT2D eigenvalue weighted by Crippen LogP contribution is -2.22. The maximum atomic E-state index is 6.23. The van der Waals surface area contributed by atoms with E-state index in [-0.39, 0.29) is 0 Å². The van der Waals surface area contributed by atoms with Crippen LogP contribution >= 0.6 is 22.2 Å². The topological polar surface area (TPSA) is 0 Å². The average Bonchev–Trinajstić information content (AvgIpc) is 2.25. The minimum absolute atomic E-state index is 1.20. The van der Waals surface area contributed by atoms with Gasteiger partial charge in [-0.05, 0) is 24.2 Å². The van der Waals surface area contributed by atoms with Crippen LogP contribution < -0.4 is 0 Å². The second-order valence-corrected chi connectivity index (χ2v) is 18.9. The first-order chi connectivity index (χ1) is 7.24. The summed E-state index contributed by atoms with van der Waals surface area (Å²) in [4.78, 5) is 0. The third kappa shape index (κ3) is 13.1. The Morgan fingerprint density at radius 3 is 1.25 bits per heavy atom. The number of halogens is 2. The Bertz CT molecular complexity index is 143. The molecule has 16 heavy (non-hydrogen) atoms. The Morgan fingerprint density at radius 1 is 0.812 bits per heavy atom. The van der Waals surface area contributed by atoms with Gasteiger partial charge in [0.1, 0.15) is 7.38 Å². The average molecular weight is 301 g/mol. The van der Waals surface area contributed by atoms with Crippen molar-refractivity contribution in [3.05, 3.63) is 0 Å². The second-order valence-electron chi connectivity index (χ2n) is 5.03. The molecule has 0 N–H and O–H groups in total. The van der Waals surface area contributed by atoms with Crippen molar-refractivity contribution in [2.24, 2.45) is 0 Å². The molecule has 0 aliphatic rings. The molecule has 0 fully saturated rings. The van der Waals surface area contributed by atoms with Gasteiger partial charge in [-0.15, -0.1) is 0 Å². The maximum Gasteiger partial charge on any atom is 0.155 e. The predicted molar refractivity (Wildman–Crippen MR) is 86.1 cm³/mol. The van der Waals surface area contributed by atoms with E-state index in [0.717, 1.165) is 0 Å². The molecule has 0 radical (unpaired) electrons. The van der Waals surface area contributed by atoms with Crippen LogP contribution in [0.15, 0.2) is 0 Å². The van der Waals surface area contributed by atoms with E-state index in [4.69, 9.17) is 22.2 Å². The van der Waals surface area contributed by atoms with E-state index in [1.54, 1.807) is 0 Å². The summed E-state index contributed by atoms with van der Waals surface area (Å²) in [5.41, 5.74) is 0. The van der Waals surface area contributed by atoms with Crippen molar-refractivity contribution in [1.29, 1.82) is 0 Å². The van der Waals surface area contributed by atoms with Gasteiger partial charge in [0.15, 0.2) is 7.38 Å². The van der Waals surface area contributed by atoms with Crippen molar-refractivity contribution in [1.82, 2.24) is 0 Å². The van der Waals surface area contributed by atoms with Crippen LogP contribution in [0.2, 0.25) is 37.3 Å². The molecule has 0 atom stereocenters. The van der Waals surface area contributed by atoms with Crippen LogP contribution in [0, 0.1) is 0 Å². The Morgan fingerprint density at radius 2 is 1.19 bits per heavy atom. The van der Waals surface area contributed by atoms with Crippen LogP contribution in [0.25, 0.3) is 0 Å². The van der Waals surface area contributed by atoms with E-state index >= 15 is 0 Å². The summed E-state index contributed by atoms with van der Waals surface area (Å²) >= 11 is 12.3. The molecule has 0 saturated heterocycles. The summed E-state index contributed by atoms with van der Waals surface area (Å²) < 4.78 is 0. The van der Waals surface area contributed by atoms with E-state index in [1.807, 2.05) is 0 Å². The highest BCUT2D eigenvalue weighted by Gasteiger charge is 2.22. The maximum absolute atomic E-state index is 6.23. The molecule has 0 aromatic carbocycles. The van der Waals surface area contributed by atoms with E-state index in [0.29, 0.717) is 0 Å². The van der Waals surface area contributed by atoms with Gasteiger partial charge < -0.3 is 0 Å². The molecular weight excluding hydrogens is 271 g/mol. The lowest BCUT2D eigenvalue weighted by molar-refractivity contribution is 0.873. The van der Waals surface area contributed by atoms with E-state index in [1.165, 1.54) is 37.0 Å². The van der Waals surface area contributed by atoms with Crippen LogP contribution in [-0.4, -0.2) is 14.8 Å². The SMILES string of the molecule is CCCC[Si](C)(C)Cl.CC[Si](Cl)(CC)CC. The zero-order valence-electron chi connectivity index (χ0n) is 12.0. The van der Waals surface area contributed by atoms with Gasteiger partial charge in [0.25, 0.3) is 0 Å². The Balaban J connectivity index is 0. The van der Waals surface area contributed by atoms with Crippen LogP contribution in [0.3, 0.4) is 0 Å². The van der Waals surface area contributed by atoms with Gasteiger partial charge in [0, 0.05) is 0 Å². The molecular formula is C12H30Cl2Si2. The highest BCUT2D eigenvalue weighted by Crippen LogP contribution is 2.23. The van der Waals surface area contributed by atoms with Gasteiger partial charge in [-0.2, -0.15) is 22.2 Å². The third-order valence-electron chi connectivity index (χ3n) is 3.03. The fourth-order valence-electron chi connectivity index (χ4n) is 1.35. The lowest BCUT2D eigenvalue weighted by Gasteiger charge is -2.17. The van der Waals surface area contributed by atoms with Gasteiger partial charge in [0.2, 0.25) is 0 Å². The fourth-order valence-corrected chi connectivity index (χ4v) is 4.44. The molecule has 0 nitrogen and oxygen atoms in total. The first kappa shape index (κ1) is 19.4. The number of hydrogen-bond donors (Lipinski definition) is 0. The highest BCUT2D eigenvalue weighted by atomic mass is 35.6.